The second kappa shape index (κ2) is 6.61. The van der Waals surface area contributed by atoms with Gasteiger partial charge < -0.3 is 20.7 Å². The van der Waals surface area contributed by atoms with Gasteiger partial charge in [-0.1, -0.05) is 6.42 Å². The quantitative estimate of drug-likeness (QED) is 0.804. The maximum atomic E-state index is 13.7. The molecule has 19 heavy (non-hydrogen) atoms. The molecule has 2 rings (SSSR count). The molecular weight excluding hydrogens is 245 g/mol. The molecule has 1 aromatic rings. The van der Waals surface area contributed by atoms with Gasteiger partial charge in [0.05, 0.1) is 18.5 Å². The lowest BCUT2D eigenvalue weighted by atomic mass is 10.1. The van der Waals surface area contributed by atoms with E-state index in [1.54, 1.807) is 6.07 Å². The summed E-state index contributed by atoms with van der Waals surface area (Å²) in [6.45, 7) is 3.96. The van der Waals surface area contributed by atoms with Crippen LogP contribution in [-0.4, -0.2) is 38.2 Å². The molecule has 4 nitrogen and oxygen atoms in total. The standard InChI is InChI=1S/C14H22FN3O/c1-19-14-10-13(11(15)9-12(14)16)17-5-8-18-6-3-2-4-7-18/h9-10,17H,2-8,16H2,1H3. The maximum absolute atomic E-state index is 13.7. The number of anilines is 2. The number of halogens is 1. The van der Waals surface area contributed by atoms with Gasteiger partial charge in [0.1, 0.15) is 11.6 Å². The molecule has 0 amide bonds. The van der Waals surface area contributed by atoms with Gasteiger partial charge in [0.2, 0.25) is 0 Å². The fourth-order valence-electron chi connectivity index (χ4n) is 2.41. The Morgan fingerprint density at radius 3 is 2.74 bits per heavy atom. The van der Waals surface area contributed by atoms with Gasteiger partial charge in [-0.2, -0.15) is 0 Å². The largest absolute Gasteiger partial charge is 0.495 e. The first-order valence-electron chi connectivity index (χ1n) is 6.80. The van der Waals surface area contributed by atoms with Gasteiger partial charge in [0.15, 0.2) is 0 Å². The molecule has 5 heteroatoms. The van der Waals surface area contributed by atoms with Crippen LogP contribution < -0.4 is 15.8 Å². The third-order valence-corrected chi connectivity index (χ3v) is 3.51. The van der Waals surface area contributed by atoms with E-state index >= 15 is 0 Å². The van der Waals surface area contributed by atoms with E-state index < -0.39 is 0 Å². The number of piperidine rings is 1. The lowest BCUT2D eigenvalue weighted by Gasteiger charge is -2.26. The van der Waals surface area contributed by atoms with Crippen molar-refractivity contribution in [2.24, 2.45) is 0 Å². The van der Waals surface area contributed by atoms with E-state index in [0.29, 0.717) is 17.1 Å². The Balaban J connectivity index is 1.88. The van der Waals surface area contributed by atoms with Crippen LogP contribution in [0.25, 0.3) is 0 Å². The smallest absolute Gasteiger partial charge is 0.148 e. The van der Waals surface area contributed by atoms with E-state index in [-0.39, 0.29) is 5.82 Å². The number of likely N-dealkylation sites (tertiary alicyclic amines) is 1. The van der Waals surface area contributed by atoms with Crippen LogP contribution in [0.1, 0.15) is 19.3 Å². The zero-order valence-corrected chi connectivity index (χ0v) is 11.4. The van der Waals surface area contributed by atoms with Crippen LogP contribution in [0.5, 0.6) is 5.75 Å². The molecule has 0 aromatic heterocycles. The highest BCUT2D eigenvalue weighted by molar-refractivity contribution is 5.62. The van der Waals surface area contributed by atoms with Gasteiger partial charge in [-0.3, -0.25) is 0 Å². The van der Waals surface area contributed by atoms with Gasteiger partial charge in [-0.05, 0) is 25.9 Å². The van der Waals surface area contributed by atoms with Crippen LogP contribution >= 0.6 is 0 Å². The molecule has 106 valence electrons. The highest BCUT2D eigenvalue weighted by Gasteiger charge is 2.11. The molecule has 0 spiro atoms. The van der Waals surface area contributed by atoms with Crippen LogP contribution in [-0.2, 0) is 0 Å². The van der Waals surface area contributed by atoms with Gasteiger partial charge in [-0.15, -0.1) is 0 Å². The first-order valence-corrected chi connectivity index (χ1v) is 6.80. The number of nitrogens with one attached hydrogen (secondary N) is 1. The number of rotatable bonds is 5. The minimum absolute atomic E-state index is 0.321. The number of methoxy groups -OCH3 is 1. The molecule has 1 fully saturated rings. The van der Waals surface area contributed by atoms with Crippen molar-refractivity contribution in [1.82, 2.24) is 4.90 Å². The number of nitrogens with zero attached hydrogens (tertiary/aromatic N) is 1. The van der Waals surface area contributed by atoms with Crippen molar-refractivity contribution in [3.05, 3.63) is 17.9 Å². The molecule has 0 unspecified atom stereocenters. The predicted octanol–water partition coefficient (Wildman–Crippen LogP) is 2.31. The van der Waals surface area contributed by atoms with Crippen molar-refractivity contribution in [2.45, 2.75) is 19.3 Å². The Kier molecular flexibility index (Phi) is 4.85. The van der Waals surface area contributed by atoms with Gasteiger partial charge >= 0.3 is 0 Å². The molecule has 0 aliphatic carbocycles. The van der Waals surface area contributed by atoms with Crippen LogP contribution in [0.4, 0.5) is 15.8 Å². The third-order valence-electron chi connectivity index (χ3n) is 3.51. The number of hydrogen-bond acceptors (Lipinski definition) is 4. The topological polar surface area (TPSA) is 50.5 Å². The molecule has 0 saturated carbocycles. The lowest BCUT2D eigenvalue weighted by Crippen LogP contribution is -2.33. The maximum Gasteiger partial charge on any atom is 0.148 e. The van der Waals surface area contributed by atoms with Crippen LogP contribution in [0.2, 0.25) is 0 Å². The number of nitrogen functional groups attached to an aromatic ring is 1. The molecule has 0 radical (unpaired) electrons. The molecule has 1 aliphatic rings. The summed E-state index contributed by atoms with van der Waals surface area (Å²) in [5.74, 6) is 0.166. The number of hydrogen-bond donors (Lipinski definition) is 2. The summed E-state index contributed by atoms with van der Waals surface area (Å²) in [5.41, 5.74) is 6.41. The summed E-state index contributed by atoms with van der Waals surface area (Å²) in [6, 6.07) is 2.91. The second-order valence-electron chi connectivity index (χ2n) is 4.90. The fraction of sp³-hybridized carbons (Fsp3) is 0.571. The zero-order chi connectivity index (χ0) is 13.7. The Labute approximate surface area is 113 Å². The van der Waals surface area contributed by atoms with E-state index in [0.717, 1.165) is 26.2 Å². The summed E-state index contributed by atoms with van der Waals surface area (Å²) < 4.78 is 18.8. The summed E-state index contributed by atoms with van der Waals surface area (Å²) >= 11 is 0. The summed E-state index contributed by atoms with van der Waals surface area (Å²) in [4.78, 5) is 2.41. The third kappa shape index (κ3) is 3.73. The molecule has 1 aromatic carbocycles. The summed E-state index contributed by atoms with van der Waals surface area (Å²) in [5, 5.41) is 3.11. The van der Waals surface area contributed by atoms with Gasteiger partial charge in [0.25, 0.3) is 0 Å². The average molecular weight is 267 g/mol. The molecule has 1 heterocycles. The Morgan fingerprint density at radius 2 is 2.05 bits per heavy atom. The van der Waals surface area contributed by atoms with Crippen molar-refractivity contribution in [1.29, 1.82) is 0 Å². The average Bonchev–Trinajstić information content (AvgIpc) is 2.42. The predicted molar refractivity (Wildman–Crippen MR) is 76.1 cm³/mol. The van der Waals surface area contributed by atoms with Crippen molar-refractivity contribution in [3.8, 4) is 5.75 Å². The Bertz CT molecular complexity index is 419. The summed E-state index contributed by atoms with van der Waals surface area (Å²) in [6.07, 6.45) is 3.86. The van der Waals surface area contributed by atoms with Crippen LogP contribution in [0.15, 0.2) is 12.1 Å². The van der Waals surface area contributed by atoms with E-state index in [1.165, 1.54) is 32.4 Å². The first-order chi connectivity index (χ1) is 9.20. The Hall–Kier alpha value is -1.49. The van der Waals surface area contributed by atoms with E-state index in [2.05, 4.69) is 10.2 Å². The molecule has 3 N–H and O–H groups in total. The van der Waals surface area contributed by atoms with E-state index in [1.807, 2.05) is 0 Å². The normalized spacial score (nSPS) is 16.3. The zero-order valence-electron chi connectivity index (χ0n) is 11.4. The minimum atomic E-state index is -0.336. The molecule has 1 saturated heterocycles. The van der Waals surface area contributed by atoms with Crippen molar-refractivity contribution in [2.75, 3.05) is 44.3 Å². The summed E-state index contributed by atoms with van der Waals surface area (Å²) in [7, 11) is 1.53. The highest BCUT2D eigenvalue weighted by atomic mass is 19.1. The van der Waals surface area contributed by atoms with Crippen LogP contribution in [0, 0.1) is 5.82 Å². The monoisotopic (exact) mass is 267 g/mol. The molecular formula is C14H22FN3O. The highest BCUT2D eigenvalue weighted by Crippen LogP contribution is 2.28. The lowest BCUT2D eigenvalue weighted by molar-refractivity contribution is 0.237. The number of nitrogens with two attached hydrogens (primary N) is 1. The van der Waals surface area contributed by atoms with Gasteiger partial charge in [0, 0.05) is 25.2 Å². The minimum Gasteiger partial charge on any atom is -0.495 e. The van der Waals surface area contributed by atoms with E-state index in [9.17, 15) is 4.39 Å². The number of benzene rings is 1. The second-order valence-corrected chi connectivity index (χ2v) is 4.90. The molecule has 0 atom stereocenters. The fourth-order valence-corrected chi connectivity index (χ4v) is 2.41. The Morgan fingerprint density at radius 1 is 1.32 bits per heavy atom. The van der Waals surface area contributed by atoms with E-state index in [4.69, 9.17) is 10.5 Å². The van der Waals surface area contributed by atoms with Crippen molar-refractivity contribution < 1.29 is 9.13 Å². The molecule has 0 bridgehead atoms. The van der Waals surface area contributed by atoms with Gasteiger partial charge in [-0.25, -0.2) is 4.39 Å². The number of ether oxygens (including phenoxy) is 1. The van der Waals surface area contributed by atoms with Crippen molar-refractivity contribution in [3.63, 3.8) is 0 Å². The molecule has 1 aliphatic heterocycles. The SMILES string of the molecule is COc1cc(NCCN2CCCCC2)c(F)cc1N. The van der Waals surface area contributed by atoms with Crippen LogP contribution in [0.3, 0.4) is 0 Å². The first kappa shape index (κ1) is 13.9. The van der Waals surface area contributed by atoms with Crippen molar-refractivity contribution >= 4 is 11.4 Å².